The SMILES string of the molecule is CN1CCCC(N(c2cnn(C)c2)S(=O)(=O)NC(=O)Nc2c(C(F)(F)F)sc3c2CCC3)C1. The number of rotatable bonds is 5. The molecule has 2 aliphatic rings. The number of amides is 2. The zero-order chi connectivity index (χ0) is 24.0. The number of nitrogens with zero attached hydrogens (tertiary/aromatic N) is 4. The van der Waals surface area contributed by atoms with Crippen molar-refractivity contribution in [3.05, 3.63) is 27.7 Å². The van der Waals surface area contributed by atoms with Crippen molar-refractivity contribution in [2.75, 3.05) is 29.8 Å². The van der Waals surface area contributed by atoms with Crippen LogP contribution in [-0.2, 0) is 36.3 Å². The molecule has 0 bridgehead atoms. The van der Waals surface area contributed by atoms with Gasteiger partial charge >= 0.3 is 22.4 Å². The number of carbonyl (C=O) groups is 1. The van der Waals surface area contributed by atoms with Gasteiger partial charge in [0.1, 0.15) is 4.88 Å². The molecular weight excluding hydrogens is 481 g/mol. The summed E-state index contributed by atoms with van der Waals surface area (Å²) in [6, 6.07) is -1.69. The Bertz CT molecular complexity index is 1140. The number of hydrogen-bond acceptors (Lipinski definition) is 6. The predicted molar refractivity (Wildman–Crippen MR) is 119 cm³/mol. The molecule has 1 aliphatic heterocycles. The maximum absolute atomic E-state index is 13.5. The Balaban J connectivity index is 1.60. The van der Waals surface area contributed by atoms with Gasteiger partial charge in [0, 0.05) is 24.7 Å². The Hall–Kier alpha value is -2.32. The third-order valence-electron chi connectivity index (χ3n) is 5.77. The average molecular weight is 507 g/mol. The molecule has 1 atom stereocenters. The number of likely N-dealkylation sites (tertiary alicyclic amines) is 1. The second-order valence-electron chi connectivity index (χ2n) is 8.35. The van der Waals surface area contributed by atoms with Crippen LogP contribution in [0.1, 0.15) is 34.6 Å². The van der Waals surface area contributed by atoms with E-state index in [1.807, 2.05) is 16.7 Å². The van der Waals surface area contributed by atoms with Gasteiger partial charge in [-0.05, 0) is 51.3 Å². The quantitative estimate of drug-likeness (QED) is 0.650. The first-order chi connectivity index (χ1) is 15.5. The van der Waals surface area contributed by atoms with Crippen molar-refractivity contribution in [3.8, 4) is 0 Å². The third-order valence-corrected chi connectivity index (χ3v) is 8.58. The Morgan fingerprint density at radius 1 is 1.27 bits per heavy atom. The van der Waals surface area contributed by atoms with Gasteiger partial charge in [0.2, 0.25) is 0 Å². The maximum atomic E-state index is 13.5. The number of thiophene rings is 1. The molecule has 1 fully saturated rings. The van der Waals surface area contributed by atoms with Crippen LogP contribution >= 0.6 is 11.3 Å². The van der Waals surface area contributed by atoms with Crippen LogP contribution in [0.25, 0.3) is 0 Å². The van der Waals surface area contributed by atoms with Gasteiger partial charge in [0.05, 0.1) is 23.6 Å². The molecule has 9 nitrogen and oxygen atoms in total. The Morgan fingerprint density at radius 2 is 2.03 bits per heavy atom. The molecule has 2 amide bonds. The van der Waals surface area contributed by atoms with Gasteiger partial charge in [0.25, 0.3) is 0 Å². The van der Waals surface area contributed by atoms with Gasteiger partial charge in [-0.3, -0.25) is 4.68 Å². The van der Waals surface area contributed by atoms with Gasteiger partial charge < -0.3 is 10.2 Å². The fourth-order valence-electron chi connectivity index (χ4n) is 4.44. The normalized spacial score (nSPS) is 19.4. The van der Waals surface area contributed by atoms with E-state index in [2.05, 4.69) is 10.4 Å². The number of nitrogens with one attached hydrogen (secondary N) is 2. The summed E-state index contributed by atoms with van der Waals surface area (Å²) in [5.74, 6) is 0. The first kappa shape index (κ1) is 23.8. The number of halogens is 3. The van der Waals surface area contributed by atoms with E-state index in [9.17, 15) is 26.4 Å². The number of anilines is 2. The summed E-state index contributed by atoms with van der Waals surface area (Å²) < 4.78 is 71.6. The van der Waals surface area contributed by atoms with E-state index in [1.54, 1.807) is 7.05 Å². The molecule has 2 aromatic rings. The van der Waals surface area contributed by atoms with Crippen LogP contribution in [0, 0.1) is 0 Å². The van der Waals surface area contributed by atoms with E-state index in [4.69, 9.17) is 0 Å². The van der Waals surface area contributed by atoms with Crippen LogP contribution in [0.2, 0.25) is 0 Å². The summed E-state index contributed by atoms with van der Waals surface area (Å²) in [5.41, 5.74) is 0.349. The molecule has 33 heavy (non-hydrogen) atoms. The van der Waals surface area contributed by atoms with E-state index < -0.39 is 33.3 Å². The summed E-state index contributed by atoms with van der Waals surface area (Å²) in [6.45, 7) is 1.25. The number of likely N-dealkylation sites (N-methyl/N-ethyl adjacent to an activating group) is 1. The van der Waals surface area contributed by atoms with Crippen LogP contribution in [0.3, 0.4) is 0 Å². The number of piperidine rings is 1. The van der Waals surface area contributed by atoms with Gasteiger partial charge in [-0.1, -0.05) is 0 Å². The monoisotopic (exact) mass is 506 g/mol. The van der Waals surface area contributed by atoms with Crippen LogP contribution in [0.4, 0.5) is 29.3 Å². The topological polar surface area (TPSA) is 99.6 Å². The van der Waals surface area contributed by atoms with Crippen molar-refractivity contribution in [2.45, 2.75) is 44.3 Å². The Kier molecular flexibility index (Phi) is 6.35. The molecule has 0 aromatic carbocycles. The molecule has 0 radical (unpaired) electrons. The molecule has 0 spiro atoms. The molecule has 1 saturated heterocycles. The molecule has 1 unspecified atom stereocenters. The van der Waals surface area contributed by atoms with Crippen LogP contribution in [-0.4, -0.2) is 55.3 Å². The minimum atomic E-state index is -4.65. The zero-order valence-corrected chi connectivity index (χ0v) is 19.8. The van der Waals surface area contributed by atoms with Gasteiger partial charge in [0.15, 0.2) is 0 Å². The number of aryl methyl sites for hydroxylation is 2. The lowest BCUT2D eigenvalue weighted by atomic mass is 10.1. The summed E-state index contributed by atoms with van der Waals surface area (Å²) in [6.07, 6.45) is 1.17. The fourth-order valence-corrected chi connectivity index (χ4v) is 6.97. The lowest BCUT2D eigenvalue weighted by Crippen LogP contribution is -2.54. The largest absolute Gasteiger partial charge is 0.427 e. The first-order valence-electron chi connectivity index (χ1n) is 10.5. The summed E-state index contributed by atoms with van der Waals surface area (Å²) in [7, 11) is -0.929. The van der Waals surface area contributed by atoms with E-state index >= 15 is 0 Å². The van der Waals surface area contributed by atoms with Crippen LogP contribution < -0.4 is 14.3 Å². The highest BCUT2D eigenvalue weighted by atomic mass is 32.2. The van der Waals surface area contributed by atoms with Crippen molar-refractivity contribution < 1.29 is 26.4 Å². The molecule has 14 heteroatoms. The number of alkyl halides is 3. The molecule has 182 valence electrons. The molecular formula is C19H25F3N6O3S2. The smallest absolute Gasteiger partial charge is 0.305 e. The van der Waals surface area contributed by atoms with Crippen molar-refractivity contribution >= 4 is 39.0 Å². The lowest BCUT2D eigenvalue weighted by molar-refractivity contribution is -0.133. The molecule has 2 aromatic heterocycles. The predicted octanol–water partition coefficient (Wildman–Crippen LogP) is 2.96. The summed E-state index contributed by atoms with van der Waals surface area (Å²) in [4.78, 5) is 14.3. The average Bonchev–Trinajstić information content (AvgIpc) is 3.38. The minimum absolute atomic E-state index is 0.269. The van der Waals surface area contributed by atoms with Crippen LogP contribution in [0.5, 0.6) is 0 Å². The number of aromatic nitrogens is 2. The number of hydrogen-bond donors (Lipinski definition) is 2. The summed E-state index contributed by atoms with van der Waals surface area (Å²) >= 11 is 0.601. The highest BCUT2D eigenvalue weighted by Crippen LogP contribution is 2.47. The standard InChI is InChI=1S/C19H25F3N6O3S2/c1-26-8-4-5-12(10-26)28(13-9-23-27(2)11-13)33(30,31)25-18(29)24-16-14-6-3-7-15(14)32-17(16)19(20,21)22/h9,11-12H,3-8,10H2,1-2H3,(H2,24,25,29). The van der Waals surface area contributed by atoms with Gasteiger partial charge in [-0.2, -0.15) is 26.7 Å². The lowest BCUT2D eigenvalue weighted by Gasteiger charge is -2.37. The molecule has 3 heterocycles. The molecule has 0 saturated carbocycles. The number of carbonyl (C=O) groups excluding carboxylic acids is 1. The van der Waals surface area contributed by atoms with Crippen LogP contribution in [0.15, 0.2) is 12.4 Å². The van der Waals surface area contributed by atoms with Crippen molar-refractivity contribution in [3.63, 3.8) is 0 Å². The van der Waals surface area contributed by atoms with E-state index in [0.29, 0.717) is 54.0 Å². The first-order valence-corrected chi connectivity index (χ1v) is 12.7. The van der Waals surface area contributed by atoms with E-state index in [0.717, 1.165) is 17.3 Å². The fraction of sp³-hybridized carbons (Fsp3) is 0.579. The Morgan fingerprint density at radius 3 is 2.67 bits per heavy atom. The zero-order valence-electron chi connectivity index (χ0n) is 18.1. The van der Waals surface area contributed by atoms with Crippen molar-refractivity contribution in [2.24, 2.45) is 7.05 Å². The minimum Gasteiger partial charge on any atom is -0.305 e. The molecule has 4 rings (SSSR count). The van der Waals surface area contributed by atoms with Crippen molar-refractivity contribution in [1.82, 2.24) is 19.4 Å². The number of urea groups is 1. The second kappa shape index (κ2) is 8.80. The maximum Gasteiger partial charge on any atom is 0.427 e. The number of fused-ring (bicyclic) bond motifs is 1. The second-order valence-corrected chi connectivity index (χ2v) is 11.0. The highest BCUT2D eigenvalue weighted by Gasteiger charge is 2.40. The van der Waals surface area contributed by atoms with E-state index in [1.165, 1.54) is 17.1 Å². The Labute approximate surface area is 193 Å². The van der Waals surface area contributed by atoms with Gasteiger partial charge in [-0.25, -0.2) is 13.8 Å². The third kappa shape index (κ3) is 4.96. The highest BCUT2D eigenvalue weighted by molar-refractivity contribution is 7.91. The molecule has 2 N–H and O–H groups in total. The van der Waals surface area contributed by atoms with Gasteiger partial charge in [-0.15, -0.1) is 11.3 Å². The molecule has 1 aliphatic carbocycles. The van der Waals surface area contributed by atoms with E-state index in [-0.39, 0.29) is 11.4 Å². The van der Waals surface area contributed by atoms with Crippen molar-refractivity contribution in [1.29, 1.82) is 0 Å². The summed E-state index contributed by atoms with van der Waals surface area (Å²) in [5, 5.41) is 6.21.